The van der Waals surface area contributed by atoms with Crippen LogP contribution < -0.4 is 9.47 Å². The lowest BCUT2D eigenvalue weighted by molar-refractivity contribution is 0.0428. The molecule has 1 aromatic carbocycles. The molecule has 0 radical (unpaired) electrons. The van der Waals surface area contributed by atoms with E-state index >= 15 is 0 Å². The number of Topliss-reactive ketones (excluding diaryl/α,β-unsaturated/α-hetero) is 1. The van der Waals surface area contributed by atoms with Gasteiger partial charge in [-0.1, -0.05) is 6.07 Å². The van der Waals surface area contributed by atoms with Crippen LogP contribution in [-0.2, 0) is 0 Å². The van der Waals surface area contributed by atoms with Crippen molar-refractivity contribution in [3.63, 3.8) is 0 Å². The zero-order chi connectivity index (χ0) is 16.7. The fourth-order valence-corrected chi connectivity index (χ4v) is 4.09. The summed E-state index contributed by atoms with van der Waals surface area (Å²) in [5, 5.41) is 1.89. The molecule has 1 spiro atoms. The van der Waals surface area contributed by atoms with Crippen LogP contribution in [0, 0.1) is 0 Å². The Balaban J connectivity index is 1.57. The lowest BCUT2D eigenvalue weighted by Gasteiger charge is -2.34. The predicted octanol–water partition coefficient (Wildman–Crippen LogP) is 3.01. The molecule has 1 atom stereocenters. The molecule has 0 N–H and O–H groups in total. The summed E-state index contributed by atoms with van der Waals surface area (Å²) >= 11 is 1.43. The number of hydrogen-bond acceptors (Lipinski definition) is 5. The van der Waals surface area contributed by atoms with Crippen molar-refractivity contribution in [2.75, 3.05) is 20.2 Å². The Morgan fingerprint density at radius 1 is 1.38 bits per heavy atom. The highest BCUT2D eigenvalue weighted by atomic mass is 32.1. The molecule has 2 aromatic rings. The fraction of sp³-hybridized carbons (Fsp3) is 0.333. The number of methoxy groups -OCH3 is 1. The van der Waals surface area contributed by atoms with Gasteiger partial charge >= 0.3 is 0 Å². The monoisotopic (exact) mass is 343 g/mol. The second kappa shape index (κ2) is 5.63. The highest BCUT2D eigenvalue weighted by molar-refractivity contribution is 7.12. The average Bonchev–Trinajstić information content (AvgIpc) is 3.24. The molecule has 0 bridgehead atoms. The molecule has 0 saturated carbocycles. The summed E-state index contributed by atoms with van der Waals surface area (Å²) in [5.74, 6) is 1.28. The number of rotatable bonds is 2. The number of hydrogen-bond donors (Lipinski definition) is 0. The standard InChI is InChI=1S/C18H17NO4S/c1-22-12-4-5-15-13(9-12)14(20)10-18(23-15)6-7-19(11-18)17(21)16-3-2-8-24-16/h2-5,8-9H,6-7,10-11H2,1H3. The minimum atomic E-state index is -0.606. The van der Waals surface area contributed by atoms with Crippen LogP contribution in [0.5, 0.6) is 11.5 Å². The third-order valence-electron chi connectivity index (χ3n) is 4.63. The summed E-state index contributed by atoms with van der Waals surface area (Å²) < 4.78 is 11.4. The van der Waals surface area contributed by atoms with E-state index in [0.717, 1.165) is 4.88 Å². The molecule has 3 heterocycles. The zero-order valence-corrected chi connectivity index (χ0v) is 14.1. The maximum Gasteiger partial charge on any atom is 0.264 e. The summed E-state index contributed by atoms with van der Waals surface area (Å²) in [6, 6.07) is 8.97. The highest BCUT2D eigenvalue weighted by Gasteiger charge is 2.47. The number of ketones is 1. The van der Waals surface area contributed by atoms with Crippen LogP contribution in [-0.4, -0.2) is 42.4 Å². The third kappa shape index (κ3) is 2.47. The Morgan fingerprint density at radius 3 is 3.00 bits per heavy atom. The van der Waals surface area contributed by atoms with E-state index in [9.17, 15) is 9.59 Å². The van der Waals surface area contributed by atoms with Crippen molar-refractivity contribution in [2.45, 2.75) is 18.4 Å². The van der Waals surface area contributed by atoms with Crippen molar-refractivity contribution >= 4 is 23.0 Å². The van der Waals surface area contributed by atoms with E-state index in [2.05, 4.69) is 0 Å². The van der Waals surface area contributed by atoms with Crippen molar-refractivity contribution in [2.24, 2.45) is 0 Å². The Labute approximate surface area is 143 Å². The van der Waals surface area contributed by atoms with Crippen molar-refractivity contribution in [3.8, 4) is 11.5 Å². The van der Waals surface area contributed by atoms with Crippen molar-refractivity contribution in [3.05, 3.63) is 46.2 Å². The van der Waals surface area contributed by atoms with E-state index in [-0.39, 0.29) is 11.7 Å². The number of carbonyl (C=O) groups excluding carboxylic acids is 2. The first-order chi connectivity index (χ1) is 11.6. The van der Waals surface area contributed by atoms with Gasteiger partial charge in [0, 0.05) is 13.0 Å². The lowest BCUT2D eigenvalue weighted by atomic mass is 9.89. The molecule has 6 heteroatoms. The molecular formula is C18H17NO4S. The van der Waals surface area contributed by atoms with E-state index in [4.69, 9.17) is 9.47 Å². The Bertz CT molecular complexity index is 801. The molecule has 2 aliphatic rings. The first kappa shape index (κ1) is 15.2. The Hall–Kier alpha value is -2.34. The van der Waals surface area contributed by atoms with Crippen LogP contribution in [0.15, 0.2) is 35.7 Å². The molecule has 1 saturated heterocycles. The summed E-state index contributed by atoms with van der Waals surface area (Å²) in [5.41, 5.74) is -0.0472. The number of amides is 1. The molecule has 1 unspecified atom stereocenters. The lowest BCUT2D eigenvalue weighted by Crippen LogP contribution is -2.45. The number of nitrogens with zero attached hydrogens (tertiary/aromatic N) is 1. The second-order valence-corrected chi connectivity index (χ2v) is 7.15. The molecule has 1 amide bonds. The third-order valence-corrected chi connectivity index (χ3v) is 5.49. The fourth-order valence-electron chi connectivity index (χ4n) is 3.40. The zero-order valence-electron chi connectivity index (χ0n) is 13.3. The van der Waals surface area contributed by atoms with Crippen LogP contribution in [0.2, 0.25) is 0 Å². The summed E-state index contributed by atoms with van der Waals surface area (Å²) in [6.07, 6.45) is 0.961. The van der Waals surface area contributed by atoms with E-state index < -0.39 is 5.60 Å². The van der Waals surface area contributed by atoms with Gasteiger partial charge in [-0.25, -0.2) is 0 Å². The van der Waals surface area contributed by atoms with Gasteiger partial charge in [0.05, 0.1) is 30.5 Å². The molecule has 24 heavy (non-hydrogen) atoms. The van der Waals surface area contributed by atoms with Gasteiger partial charge in [0.2, 0.25) is 0 Å². The molecular weight excluding hydrogens is 326 g/mol. The van der Waals surface area contributed by atoms with E-state index in [1.807, 2.05) is 17.5 Å². The maximum atomic E-state index is 12.6. The van der Waals surface area contributed by atoms with Crippen molar-refractivity contribution < 1.29 is 19.1 Å². The van der Waals surface area contributed by atoms with Gasteiger partial charge in [-0.2, -0.15) is 0 Å². The van der Waals surface area contributed by atoms with Gasteiger partial charge in [0.15, 0.2) is 5.78 Å². The number of benzene rings is 1. The van der Waals surface area contributed by atoms with E-state index in [1.54, 1.807) is 30.2 Å². The first-order valence-corrected chi connectivity index (χ1v) is 8.71. The molecule has 5 nitrogen and oxygen atoms in total. The van der Waals surface area contributed by atoms with Gasteiger partial charge in [-0.15, -0.1) is 11.3 Å². The SMILES string of the molecule is COc1ccc2c(c1)C(=O)CC1(CCN(C(=O)c3cccs3)C1)O2. The average molecular weight is 343 g/mol. The Kier molecular flexibility index (Phi) is 3.57. The normalized spacial score (nSPS) is 22.4. The predicted molar refractivity (Wildman–Crippen MR) is 90.1 cm³/mol. The van der Waals surface area contributed by atoms with Crippen molar-refractivity contribution in [1.29, 1.82) is 0 Å². The molecule has 1 aromatic heterocycles. The van der Waals surface area contributed by atoms with Gasteiger partial charge in [0.1, 0.15) is 17.1 Å². The van der Waals surface area contributed by atoms with Gasteiger partial charge in [0.25, 0.3) is 5.91 Å². The number of fused-ring (bicyclic) bond motifs is 1. The van der Waals surface area contributed by atoms with Crippen LogP contribution in [0.1, 0.15) is 32.9 Å². The maximum absolute atomic E-state index is 12.6. The molecule has 124 valence electrons. The number of thiophene rings is 1. The minimum Gasteiger partial charge on any atom is -0.497 e. The van der Waals surface area contributed by atoms with Crippen LogP contribution >= 0.6 is 11.3 Å². The van der Waals surface area contributed by atoms with Crippen molar-refractivity contribution in [1.82, 2.24) is 4.90 Å². The van der Waals surface area contributed by atoms with E-state index in [0.29, 0.717) is 43.0 Å². The molecule has 4 rings (SSSR count). The quantitative estimate of drug-likeness (QED) is 0.841. The summed E-state index contributed by atoms with van der Waals surface area (Å²) in [7, 11) is 1.57. The summed E-state index contributed by atoms with van der Waals surface area (Å²) in [4.78, 5) is 27.6. The molecule has 1 fully saturated rings. The number of carbonyl (C=O) groups is 2. The van der Waals surface area contributed by atoms with Crippen LogP contribution in [0.3, 0.4) is 0 Å². The second-order valence-electron chi connectivity index (χ2n) is 6.20. The molecule has 0 aliphatic carbocycles. The number of likely N-dealkylation sites (tertiary alicyclic amines) is 1. The summed E-state index contributed by atoms with van der Waals surface area (Å²) in [6.45, 7) is 1.05. The van der Waals surface area contributed by atoms with Gasteiger partial charge in [-0.3, -0.25) is 9.59 Å². The molecule has 2 aliphatic heterocycles. The largest absolute Gasteiger partial charge is 0.497 e. The Morgan fingerprint density at radius 2 is 2.25 bits per heavy atom. The van der Waals surface area contributed by atoms with Crippen LogP contribution in [0.4, 0.5) is 0 Å². The van der Waals surface area contributed by atoms with Gasteiger partial charge < -0.3 is 14.4 Å². The van der Waals surface area contributed by atoms with E-state index in [1.165, 1.54) is 11.3 Å². The first-order valence-electron chi connectivity index (χ1n) is 7.83. The van der Waals surface area contributed by atoms with Gasteiger partial charge in [-0.05, 0) is 29.6 Å². The smallest absolute Gasteiger partial charge is 0.264 e. The minimum absolute atomic E-state index is 0.0125. The van der Waals surface area contributed by atoms with Crippen LogP contribution in [0.25, 0.3) is 0 Å². The highest BCUT2D eigenvalue weighted by Crippen LogP contribution is 2.40. The topological polar surface area (TPSA) is 55.8 Å². The number of ether oxygens (including phenoxy) is 2.